The van der Waals surface area contributed by atoms with Crippen LogP contribution in [-0.4, -0.2) is 10.9 Å². The summed E-state index contributed by atoms with van der Waals surface area (Å²) in [6.07, 6.45) is 2.89. The molecule has 0 radical (unpaired) electrons. The molecule has 0 aliphatic rings. The molecule has 1 aromatic heterocycles. The van der Waals surface area contributed by atoms with Crippen LogP contribution in [0.2, 0.25) is 10.0 Å². The van der Waals surface area contributed by atoms with Gasteiger partial charge < -0.3 is 11.1 Å². The van der Waals surface area contributed by atoms with Crippen LogP contribution in [-0.2, 0) is 0 Å². The molecule has 0 atom stereocenters. The number of nitrogen functional groups attached to an aromatic ring is 1. The van der Waals surface area contributed by atoms with E-state index in [2.05, 4.69) is 10.3 Å². The second-order valence-electron chi connectivity index (χ2n) is 3.51. The topological polar surface area (TPSA) is 68.0 Å². The fourth-order valence-electron chi connectivity index (χ4n) is 1.41. The van der Waals surface area contributed by atoms with Crippen LogP contribution in [0.5, 0.6) is 0 Å². The number of nitrogens with zero attached hydrogens (tertiary/aromatic N) is 1. The quantitative estimate of drug-likeness (QED) is 0.888. The van der Waals surface area contributed by atoms with Crippen LogP contribution in [0.15, 0.2) is 36.7 Å². The van der Waals surface area contributed by atoms with Crippen LogP contribution < -0.4 is 11.1 Å². The number of anilines is 2. The van der Waals surface area contributed by atoms with Crippen molar-refractivity contribution in [1.82, 2.24) is 4.98 Å². The largest absolute Gasteiger partial charge is 0.397 e. The maximum atomic E-state index is 12.0. The second-order valence-corrected chi connectivity index (χ2v) is 4.33. The van der Waals surface area contributed by atoms with Crippen LogP contribution in [0.25, 0.3) is 0 Å². The fourth-order valence-corrected chi connectivity index (χ4v) is 1.90. The van der Waals surface area contributed by atoms with Gasteiger partial charge in [-0.25, -0.2) is 0 Å². The molecular weight excluding hydrogens is 273 g/mol. The molecule has 1 aromatic carbocycles. The number of rotatable bonds is 2. The summed E-state index contributed by atoms with van der Waals surface area (Å²) in [6, 6.07) is 6.49. The van der Waals surface area contributed by atoms with Crippen molar-refractivity contribution in [2.45, 2.75) is 0 Å². The molecule has 0 saturated carbocycles. The Morgan fingerprint density at radius 1 is 1.22 bits per heavy atom. The Hall–Kier alpha value is -1.78. The summed E-state index contributed by atoms with van der Waals surface area (Å²) in [5, 5.41) is 3.35. The molecule has 0 fully saturated rings. The summed E-state index contributed by atoms with van der Waals surface area (Å²) in [4.78, 5) is 15.8. The number of benzene rings is 1. The number of carbonyl (C=O) groups is 1. The first-order valence-electron chi connectivity index (χ1n) is 5.04. The van der Waals surface area contributed by atoms with Crippen molar-refractivity contribution in [3.05, 3.63) is 52.3 Å². The lowest BCUT2D eigenvalue weighted by Crippen LogP contribution is -2.14. The number of nitrogens with two attached hydrogens (primary N) is 1. The van der Waals surface area contributed by atoms with Crippen LogP contribution in [0.4, 0.5) is 11.4 Å². The Kier molecular flexibility index (Phi) is 3.69. The number of aromatic nitrogens is 1. The van der Waals surface area contributed by atoms with Crippen LogP contribution in [0, 0.1) is 0 Å². The number of halogens is 2. The lowest BCUT2D eigenvalue weighted by molar-refractivity contribution is 0.102. The molecule has 2 aromatic rings. The molecular formula is C12H9Cl2N3O. The zero-order valence-corrected chi connectivity index (χ0v) is 10.7. The highest BCUT2D eigenvalue weighted by atomic mass is 35.5. The van der Waals surface area contributed by atoms with Crippen molar-refractivity contribution in [2.75, 3.05) is 11.1 Å². The van der Waals surface area contributed by atoms with Crippen LogP contribution in [0.1, 0.15) is 10.4 Å². The minimum Gasteiger partial charge on any atom is -0.397 e. The van der Waals surface area contributed by atoms with E-state index in [-0.39, 0.29) is 11.6 Å². The zero-order valence-electron chi connectivity index (χ0n) is 9.15. The number of nitrogens with one attached hydrogen (secondary N) is 1. The summed E-state index contributed by atoms with van der Waals surface area (Å²) >= 11 is 11.9. The SMILES string of the molecule is Nc1cnccc1C(=O)Nc1c(Cl)cccc1Cl. The maximum absolute atomic E-state index is 12.0. The van der Waals surface area contributed by atoms with E-state index in [1.807, 2.05) is 0 Å². The summed E-state index contributed by atoms with van der Waals surface area (Å²) in [6.45, 7) is 0. The van der Waals surface area contributed by atoms with Gasteiger partial charge in [0.2, 0.25) is 0 Å². The smallest absolute Gasteiger partial charge is 0.257 e. The molecule has 1 heterocycles. The Morgan fingerprint density at radius 3 is 2.50 bits per heavy atom. The Morgan fingerprint density at radius 2 is 1.89 bits per heavy atom. The van der Waals surface area contributed by atoms with Gasteiger partial charge in [-0.05, 0) is 18.2 Å². The van der Waals surface area contributed by atoms with Gasteiger partial charge in [-0.3, -0.25) is 9.78 Å². The number of hydrogen-bond donors (Lipinski definition) is 2. The van der Waals surface area contributed by atoms with Gasteiger partial charge in [-0.15, -0.1) is 0 Å². The van der Waals surface area contributed by atoms with E-state index in [0.717, 1.165) is 0 Å². The van der Waals surface area contributed by atoms with Crippen molar-refractivity contribution in [2.24, 2.45) is 0 Å². The Labute approximate surface area is 114 Å². The number of amides is 1. The summed E-state index contributed by atoms with van der Waals surface area (Å²) in [7, 11) is 0. The molecule has 0 aliphatic heterocycles. The highest BCUT2D eigenvalue weighted by Crippen LogP contribution is 2.30. The molecule has 0 unspecified atom stereocenters. The molecule has 0 spiro atoms. The van der Waals surface area contributed by atoms with Gasteiger partial charge in [0.15, 0.2) is 0 Å². The predicted octanol–water partition coefficient (Wildman–Crippen LogP) is 3.22. The highest BCUT2D eigenvalue weighted by molar-refractivity contribution is 6.40. The van der Waals surface area contributed by atoms with E-state index < -0.39 is 0 Å². The molecule has 92 valence electrons. The third-order valence-electron chi connectivity index (χ3n) is 2.30. The van der Waals surface area contributed by atoms with Crippen molar-refractivity contribution < 1.29 is 4.79 Å². The predicted molar refractivity (Wildman–Crippen MR) is 73.1 cm³/mol. The van der Waals surface area contributed by atoms with Crippen molar-refractivity contribution in [3.63, 3.8) is 0 Å². The number of hydrogen-bond acceptors (Lipinski definition) is 3. The van der Waals surface area contributed by atoms with Gasteiger partial charge in [-0.1, -0.05) is 29.3 Å². The monoisotopic (exact) mass is 281 g/mol. The molecule has 0 bridgehead atoms. The number of pyridine rings is 1. The van der Waals surface area contributed by atoms with E-state index in [4.69, 9.17) is 28.9 Å². The van der Waals surface area contributed by atoms with Crippen molar-refractivity contribution in [1.29, 1.82) is 0 Å². The minimum atomic E-state index is -0.384. The molecule has 4 nitrogen and oxygen atoms in total. The lowest BCUT2D eigenvalue weighted by atomic mass is 10.2. The standard InChI is InChI=1S/C12H9Cl2N3O/c13-8-2-1-3-9(14)11(8)17-12(18)7-4-5-16-6-10(7)15/h1-6H,15H2,(H,17,18). The van der Waals surface area contributed by atoms with Gasteiger partial charge in [0.25, 0.3) is 5.91 Å². The Balaban J connectivity index is 2.30. The first-order valence-corrected chi connectivity index (χ1v) is 5.80. The lowest BCUT2D eigenvalue weighted by Gasteiger charge is -2.10. The highest BCUT2D eigenvalue weighted by Gasteiger charge is 2.13. The fraction of sp³-hybridized carbons (Fsp3) is 0. The summed E-state index contributed by atoms with van der Waals surface area (Å²) in [5.41, 5.74) is 6.64. The maximum Gasteiger partial charge on any atom is 0.257 e. The molecule has 2 rings (SSSR count). The van der Waals surface area contributed by atoms with E-state index in [9.17, 15) is 4.79 Å². The summed E-state index contributed by atoms with van der Waals surface area (Å²) in [5.74, 6) is -0.384. The molecule has 1 amide bonds. The third kappa shape index (κ3) is 2.55. The second kappa shape index (κ2) is 5.25. The average Bonchev–Trinajstić information content (AvgIpc) is 2.34. The molecule has 6 heteroatoms. The third-order valence-corrected chi connectivity index (χ3v) is 2.93. The molecule has 0 aliphatic carbocycles. The minimum absolute atomic E-state index is 0.290. The van der Waals surface area contributed by atoms with Crippen LogP contribution in [0.3, 0.4) is 0 Å². The van der Waals surface area contributed by atoms with Crippen molar-refractivity contribution >= 4 is 40.5 Å². The van der Waals surface area contributed by atoms with E-state index in [1.165, 1.54) is 18.5 Å². The van der Waals surface area contributed by atoms with E-state index >= 15 is 0 Å². The first kappa shape index (κ1) is 12.7. The van der Waals surface area contributed by atoms with Crippen molar-refractivity contribution in [3.8, 4) is 0 Å². The van der Waals surface area contributed by atoms with Crippen LogP contribution >= 0.6 is 23.2 Å². The van der Waals surface area contributed by atoms with E-state index in [0.29, 0.717) is 21.3 Å². The average molecular weight is 282 g/mol. The zero-order chi connectivity index (χ0) is 13.1. The molecule has 0 saturated heterocycles. The number of para-hydroxylation sites is 1. The number of carbonyl (C=O) groups excluding carboxylic acids is 1. The molecule has 18 heavy (non-hydrogen) atoms. The molecule has 3 N–H and O–H groups in total. The normalized spacial score (nSPS) is 10.1. The van der Waals surface area contributed by atoms with Gasteiger partial charge in [0, 0.05) is 6.20 Å². The van der Waals surface area contributed by atoms with E-state index in [1.54, 1.807) is 18.2 Å². The van der Waals surface area contributed by atoms with Gasteiger partial charge in [0.05, 0.1) is 33.2 Å². The van der Waals surface area contributed by atoms with Gasteiger partial charge >= 0.3 is 0 Å². The van der Waals surface area contributed by atoms with Gasteiger partial charge in [-0.2, -0.15) is 0 Å². The van der Waals surface area contributed by atoms with Gasteiger partial charge in [0.1, 0.15) is 0 Å². The first-order chi connectivity index (χ1) is 8.59. The summed E-state index contributed by atoms with van der Waals surface area (Å²) < 4.78 is 0. The Bertz CT molecular complexity index is 581.